The smallest absolute Gasteiger partial charge is 0.331 e. The Bertz CT molecular complexity index is 966. The zero-order valence-corrected chi connectivity index (χ0v) is 14.9. The van der Waals surface area contributed by atoms with E-state index >= 15 is 0 Å². The van der Waals surface area contributed by atoms with Crippen molar-refractivity contribution in [3.63, 3.8) is 0 Å². The molecule has 0 radical (unpaired) electrons. The molecule has 0 fully saturated rings. The van der Waals surface area contributed by atoms with Crippen LogP contribution in [0.4, 0.5) is 0 Å². The summed E-state index contributed by atoms with van der Waals surface area (Å²) in [5.41, 5.74) is 1.26. The monoisotopic (exact) mass is 366 g/mol. The Kier molecular flexibility index (Phi) is 5.56. The number of hydrogen-bond donors (Lipinski definition) is 0. The van der Waals surface area contributed by atoms with E-state index in [1.807, 2.05) is 18.2 Å². The van der Waals surface area contributed by atoms with Crippen LogP contribution in [0.25, 0.3) is 17.0 Å². The van der Waals surface area contributed by atoms with Gasteiger partial charge in [0.15, 0.2) is 12.4 Å². The quantitative estimate of drug-likeness (QED) is 0.359. The normalized spacial score (nSPS) is 10.9. The Labute approximate surface area is 155 Å². The summed E-state index contributed by atoms with van der Waals surface area (Å²) >= 11 is 0. The number of furan rings is 1. The van der Waals surface area contributed by atoms with Gasteiger partial charge in [-0.3, -0.25) is 4.79 Å². The van der Waals surface area contributed by atoms with Crippen LogP contribution in [-0.2, 0) is 9.53 Å². The van der Waals surface area contributed by atoms with E-state index in [-0.39, 0.29) is 5.76 Å². The fraction of sp³-hybridized carbons (Fsp3) is 0.143. The predicted molar refractivity (Wildman–Crippen MR) is 100 cm³/mol. The van der Waals surface area contributed by atoms with E-state index in [2.05, 4.69) is 0 Å². The topological polar surface area (TPSA) is 75.0 Å². The van der Waals surface area contributed by atoms with E-state index in [9.17, 15) is 9.59 Å². The summed E-state index contributed by atoms with van der Waals surface area (Å²) in [7, 11) is 3.08. The average Bonchev–Trinajstić information content (AvgIpc) is 3.14. The number of benzene rings is 2. The fourth-order valence-corrected chi connectivity index (χ4v) is 2.50. The number of hydrogen-bond acceptors (Lipinski definition) is 6. The summed E-state index contributed by atoms with van der Waals surface area (Å²) in [6.07, 6.45) is 2.76. The van der Waals surface area contributed by atoms with Gasteiger partial charge in [0.05, 0.1) is 14.2 Å². The first-order valence-electron chi connectivity index (χ1n) is 8.19. The van der Waals surface area contributed by atoms with E-state index in [1.165, 1.54) is 19.3 Å². The second-order valence-corrected chi connectivity index (χ2v) is 5.62. The molecule has 0 unspecified atom stereocenters. The molecule has 1 heterocycles. The van der Waals surface area contributed by atoms with E-state index in [0.717, 1.165) is 5.39 Å². The first-order valence-corrected chi connectivity index (χ1v) is 8.19. The van der Waals surface area contributed by atoms with Crippen LogP contribution in [0.15, 0.2) is 59.0 Å². The largest absolute Gasteiger partial charge is 0.497 e. The minimum Gasteiger partial charge on any atom is -0.497 e. The summed E-state index contributed by atoms with van der Waals surface area (Å²) in [5, 5.41) is 0.817. The summed E-state index contributed by atoms with van der Waals surface area (Å²) < 4.78 is 20.8. The van der Waals surface area contributed by atoms with Gasteiger partial charge in [-0.25, -0.2) is 4.79 Å². The van der Waals surface area contributed by atoms with Crippen molar-refractivity contribution >= 4 is 28.8 Å². The van der Waals surface area contributed by atoms with Crippen LogP contribution in [0.3, 0.4) is 0 Å². The summed E-state index contributed by atoms with van der Waals surface area (Å²) in [4.78, 5) is 24.1. The molecule has 1 aromatic heterocycles. The molecule has 0 saturated carbocycles. The molecule has 27 heavy (non-hydrogen) atoms. The predicted octanol–water partition coefficient (Wildman–Crippen LogP) is 3.89. The lowest BCUT2D eigenvalue weighted by molar-refractivity contribution is -0.136. The van der Waals surface area contributed by atoms with Crippen molar-refractivity contribution in [1.82, 2.24) is 0 Å². The van der Waals surface area contributed by atoms with E-state index in [0.29, 0.717) is 22.6 Å². The van der Waals surface area contributed by atoms with Crippen LogP contribution in [0.2, 0.25) is 0 Å². The zero-order valence-electron chi connectivity index (χ0n) is 14.9. The highest BCUT2D eigenvalue weighted by molar-refractivity contribution is 5.99. The minimum absolute atomic E-state index is 0.155. The molecular weight excluding hydrogens is 348 g/mol. The second-order valence-electron chi connectivity index (χ2n) is 5.62. The van der Waals surface area contributed by atoms with Gasteiger partial charge in [0, 0.05) is 17.0 Å². The lowest BCUT2D eigenvalue weighted by Crippen LogP contribution is -2.11. The molecule has 2 aromatic carbocycles. The van der Waals surface area contributed by atoms with Gasteiger partial charge in [-0.2, -0.15) is 0 Å². The van der Waals surface area contributed by atoms with Gasteiger partial charge in [-0.15, -0.1) is 0 Å². The number of esters is 1. The number of ether oxygens (including phenoxy) is 3. The second kappa shape index (κ2) is 8.23. The van der Waals surface area contributed by atoms with Gasteiger partial charge in [0.1, 0.15) is 17.1 Å². The summed E-state index contributed by atoms with van der Waals surface area (Å²) in [6, 6.07) is 14.1. The van der Waals surface area contributed by atoms with Crippen LogP contribution in [0.1, 0.15) is 16.1 Å². The van der Waals surface area contributed by atoms with E-state index in [4.69, 9.17) is 18.6 Å². The number of carbonyl (C=O) groups is 2. The maximum Gasteiger partial charge on any atom is 0.331 e. The summed E-state index contributed by atoms with van der Waals surface area (Å²) in [5.74, 6) is 0.306. The Balaban J connectivity index is 1.62. The molecule has 0 bridgehead atoms. The highest BCUT2D eigenvalue weighted by Gasteiger charge is 2.14. The van der Waals surface area contributed by atoms with Crippen LogP contribution in [0, 0.1) is 0 Å². The number of carbonyl (C=O) groups excluding carboxylic acids is 2. The van der Waals surface area contributed by atoms with E-state index in [1.54, 1.807) is 37.4 Å². The number of methoxy groups -OCH3 is 2. The third kappa shape index (κ3) is 4.36. The average molecular weight is 366 g/mol. The van der Waals surface area contributed by atoms with Gasteiger partial charge < -0.3 is 18.6 Å². The molecule has 3 rings (SSSR count). The molecule has 0 N–H and O–H groups in total. The van der Waals surface area contributed by atoms with Crippen molar-refractivity contribution in [3.8, 4) is 11.5 Å². The Morgan fingerprint density at radius 2 is 1.85 bits per heavy atom. The van der Waals surface area contributed by atoms with Gasteiger partial charge >= 0.3 is 5.97 Å². The van der Waals surface area contributed by atoms with Crippen LogP contribution in [-0.4, -0.2) is 32.6 Å². The maximum atomic E-state index is 12.1. The van der Waals surface area contributed by atoms with Crippen molar-refractivity contribution in [3.05, 3.63) is 65.9 Å². The SMILES string of the molecule is COc1ccc(OC)c(/C=C/C(=O)OCC(=O)c2cc3ccccc3o2)c1. The third-order valence-corrected chi connectivity index (χ3v) is 3.88. The molecule has 0 aliphatic carbocycles. The molecule has 3 aromatic rings. The third-order valence-electron chi connectivity index (χ3n) is 3.88. The number of Topliss-reactive ketones (excluding diaryl/α,β-unsaturated/α-hetero) is 1. The molecule has 0 aliphatic rings. The van der Waals surface area contributed by atoms with Crippen molar-refractivity contribution in [2.45, 2.75) is 0 Å². The van der Waals surface area contributed by atoms with Crippen molar-refractivity contribution < 1.29 is 28.2 Å². The number of fused-ring (bicyclic) bond motifs is 1. The van der Waals surface area contributed by atoms with Crippen LogP contribution >= 0.6 is 0 Å². The fourth-order valence-electron chi connectivity index (χ4n) is 2.50. The number of para-hydroxylation sites is 1. The number of ketones is 1. The van der Waals surface area contributed by atoms with Crippen LogP contribution in [0.5, 0.6) is 11.5 Å². The highest BCUT2D eigenvalue weighted by Crippen LogP contribution is 2.25. The van der Waals surface area contributed by atoms with Gasteiger partial charge in [0.25, 0.3) is 0 Å². The Morgan fingerprint density at radius 3 is 2.59 bits per heavy atom. The van der Waals surface area contributed by atoms with Crippen molar-refractivity contribution in [2.75, 3.05) is 20.8 Å². The minimum atomic E-state index is -0.649. The lowest BCUT2D eigenvalue weighted by atomic mass is 10.1. The highest BCUT2D eigenvalue weighted by atomic mass is 16.5. The first kappa shape index (κ1) is 18.3. The van der Waals surface area contributed by atoms with Crippen molar-refractivity contribution in [1.29, 1.82) is 0 Å². The first-order chi connectivity index (χ1) is 13.1. The maximum absolute atomic E-state index is 12.1. The Morgan fingerprint density at radius 1 is 1.04 bits per heavy atom. The van der Waals surface area contributed by atoms with Gasteiger partial charge in [-0.05, 0) is 36.4 Å². The lowest BCUT2D eigenvalue weighted by Gasteiger charge is -2.07. The molecule has 6 heteroatoms. The van der Waals surface area contributed by atoms with Gasteiger partial charge in [-0.1, -0.05) is 18.2 Å². The standard InChI is InChI=1S/C21H18O6/c1-24-16-8-9-18(25-2)15(11-16)7-10-21(23)26-13-17(22)20-12-14-5-3-4-6-19(14)27-20/h3-12H,13H2,1-2H3/b10-7+. The number of rotatable bonds is 7. The zero-order chi connectivity index (χ0) is 19.2. The van der Waals surface area contributed by atoms with E-state index < -0.39 is 18.4 Å². The molecule has 0 aliphatic heterocycles. The van der Waals surface area contributed by atoms with Crippen molar-refractivity contribution in [2.24, 2.45) is 0 Å². The molecule has 0 saturated heterocycles. The molecule has 6 nitrogen and oxygen atoms in total. The molecular formula is C21H18O6. The molecule has 138 valence electrons. The summed E-state index contributed by atoms with van der Waals surface area (Å²) in [6.45, 7) is -0.405. The molecule has 0 atom stereocenters. The molecule has 0 amide bonds. The Hall–Kier alpha value is -3.54. The van der Waals surface area contributed by atoms with Crippen LogP contribution < -0.4 is 9.47 Å². The van der Waals surface area contributed by atoms with Gasteiger partial charge in [0.2, 0.25) is 5.78 Å². The molecule has 0 spiro atoms.